The minimum absolute atomic E-state index is 0.0953. The number of nitrogens with one attached hydrogen (secondary N) is 1. The fourth-order valence-corrected chi connectivity index (χ4v) is 3.97. The van der Waals surface area contributed by atoms with E-state index in [0.29, 0.717) is 12.5 Å². The van der Waals surface area contributed by atoms with E-state index in [4.69, 9.17) is 4.98 Å². The van der Waals surface area contributed by atoms with Crippen LogP contribution in [0.15, 0.2) is 24.9 Å². The van der Waals surface area contributed by atoms with Crippen molar-refractivity contribution in [3.8, 4) is 11.3 Å². The van der Waals surface area contributed by atoms with Crippen molar-refractivity contribution in [3.63, 3.8) is 0 Å². The topological polar surface area (TPSA) is 137 Å². The van der Waals surface area contributed by atoms with Crippen LogP contribution in [0, 0.1) is 5.92 Å². The fraction of sp³-hybridized carbons (Fsp3) is 0.524. The highest BCUT2D eigenvalue weighted by atomic mass is 16.2. The van der Waals surface area contributed by atoms with Gasteiger partial charge in [-0.05, 0) is 44.7 Å². The van der Waals surface area contributed by atoms with Gasteiger partial charge in [0.2, 0.25) is 0 Å². The first-order chi connectivity index (χ1) is 16.3. The lowest BCUT2D eigenvalue weighted by Crippen LogP contribution is -2.39. The van der Waals surface area contributed by atoms with Gasteiger partial charge in [0.05, 0.1) is 23.6 Å². The monoisotopic (exact) mass is 464 g/mol. The fourth-order valence-electron chi connectivity index (χ4n) is 3.97. The van der Waals surface area contributed by atoms with Gasteiger partial charge in [-0.1, -0.05) is 0 Å². The molecule has 1 amide bonds. The summed E-state index contributed by atoms with van der Waals surface area (Å²) in [5, 5.41) is 23.6. The van der Waals surface area contributed by atoms with E-state index in [1.165, 1.54) is 4.80 Å². The number of hydrogen-bond acceptors (Lipinski definition) is 9. The summed E-state index contributed by atoms with van der Waals surface area (Å²) in [7, 11) is 1.88. The Morgan fingerprint density at radius 3 is 2.65 bits per heavy atom. The van der Waals surface area contributed by atoms with Crippen LogP contribution in [-0.4, -0.2) is 75.1 Å². The van der Waals surface area contributed by atoms with E-state index < -0.39 is 0 Å². The summed E-state index contributed by atoms with van der Waals surface area (Å²) in [6.45, 7) is 8.06. The van der Waals surface area contributed by atoms with Crippen molar-refractivity contribution in [2.75, 3.05) is 24.5 Å². The number of tetrazole rings is 1. The third-order valence-corrected chi connectivity index (χ3v) is 5.93. The molecule has 0 saturated carbocycles. The van der Waals surface area contributed by atoms with Crippen LogP contribution >= 0.6 is 0 Å². The smallest absolute Gasteiger partial charge is 0.292 e. The van der Waals surface area contributed by atoms with E-state index in [9.17, 15) is 4.79 Å². The maximum absolute atomic E-state index is 12.5. The summed E-state index contributed by atoms with van der Waals surface area (Å²) < 4.78 is 3.51. The average molecular weight is 465 g/mol. The van der Waals surface area contributed by atoms with Crippen LogP contribution in [0.4, 0.5) is 5.82 Å². The second-order valence-electron chi connectivity index (χ2n) is 9.59. The minimum Gasteiger partial charge on any atom is -0.353 e. The molecule has 1 fully saturated rings. The number of amides is 1. The van der Waals surface area contributed by atoms with Gasteiger partial charge in [-0.15, -0.1) is 10.2 Å². The number of anilines is 1. The summed E-state index contributed by atoms with van der Waals surface area (Å²) in [5.41, 5.74) is 2.13. The molecule has 178 valence electrons. The Morgan fingerprint density at radius 1 is 1.18 bits per heavy atom. The van der Waals surface area contributed by atoms with Gasteiger partial charge in [-0.25, -0.2) is 14.5 Å². The van der Waals surface area contributed by atoms with E-state index in [-0.39, 0.29) is 17.3 Å². The molecule has 1 N–H and O–H groups in total. The first kappa shape index (κ1) is 21.9. The van der Waals surface area contributed by atoms with Crippen LogP contribution < -0.4 is 10.2 Å². The molecule has 4 aromatic heterocycles. The number of piperidine rings is 1. The predicted molar refractivity (Wildman–Crippen MR) is 123 cm³/mol. The molecule has 4 aromatic rings. The highest BCUT2D eigenvalue weighted by molar-refractivity contribution is 5.90. The molecule has 0 atom stereocenters. The first-order valence-electron chi connectivity index (χ1n) is 11.3. The third kappa shape index (κ3) is 4.32. The van der Waals surface area contributed by atoms with Crippen LogP contribution in [0.5, 0.6) is 0 Å². The van der Waals surface area contributed by atoms with Crippen molar-refractivity contribution in [2.45, 2.75) is 39.2 Å². The van der Waals surface area contributed by atoms with E-state index in [0.717, 1.165) is 48.7 Å². The Morgan fingerprint density at radius 2 is 1.97 bits per heavy atom. The Bertz CT molecular complexity index is 1300. The third-order valence-electron chi connectivity index (χ3n) is 5.93. The SMILES string of the molecule is Cn1cc(-c2cn3ncnc3c(N3CCC(CNC(=O)c4nnn(C(C)(C)C)n4)CC3)n2)cn1. The molecule has 13 nitrogen and oxygen atoms in total. The van der Waals surface area contributed by atoms with Gasteiger partial charge >= 0.3 is 0 Å². The van der Waals surface area contributed by atoms with Gasteiger partial charge in [0.1, 0.15) is 6.33 Å². The van der Waals surface area contributed by atoms with Crippen molar-refractivity contribution in [1.82, 2.24) is 54.9 Å². The number of hydrogen-bond donors (Lipinski definition) is 1. The van der Waals surface area contributed by atoms with Gasteiger partial charge in [0.15, 0.2) is 11.5 Å². The molecule has 1 saturated heterocycles. The Hall–Kier alpha value is -3.90. The van der Waals surface area contributed by atoms with Crippen molar-refractivity contribution >= 4 is 17.4 Å². The molecule has 1 aliphatic rings. The van der Waals surface area contributed by atoms with Crippen LogP contribution in [0.1, 0.15) is 44.2 Å². The number of rotatable bonds is 5. The molecule has 0 radical (unpaired) electrons. The van der Waals surface area contributed by atoms with Crippen molar-refractivity contribution in [3.05, 3.63) is 30.7 Å². The Labute approximate surface area is 196 Å². The van der Waals surface area contributed by atoms with Crippen LogP contribution in [0.25, 0.3) is 16.9 Å². The molecule has 5 heterocycles. The van der Waals surface area contributed by atoms with Crippen LogP contribution in [-0.2, 0) is 12.6 Å². The zero-order valence-corrected chi connectivity index (χ0v) is 19.7. The molecule has 5 rings (SSSR count). The number of carbonyl (C=O) groups excluding carboxylic acids is 1. The molecular formula is C21H28N12O. The second-order valence-corrected chi connectivity index (χ2v) is 9.59. The lowest BCUT2D eigenvalue weighted by molar-refractivity contribution is 0.0933. The predicted octanol–water partition coefficient (Wildman–Crippen LogP) is 0.913. The van der Waals surface area contributed by atoms with E-state index in [2.05, 4.69) is 40.8 Å². The lowest BCUT2D eigenvalue weighted by Gasteiger charge is -2.32. The van der Waals surface area contributed by atoms with Gasteiger partial charge < -0.3 is 10.2 Å². The zero-order valence-electron chi connectivity index (χ0n) is 19.7. The van der Waals surface area contributed by atoms with Gasteiger partial charge in [0.25, 0.3) is 11.7 Å². The minimum atomic E-state index is -0.323. The highest BCUT2D eigenvalue weighted by Crippen LogP contribution is 2.27. The number of fused-ring (bicyclic) bond motifs is 1. The van der Waals surface area contributed by atoms with Crippen molar-refractivity contribution < 1.29 is 4.79 Å². The largest absolute Gasteiger partial charge is 0.353 e. The van der Waals surface area contributed by atoms with E-state index in [1.807, 2.05) is 40.2 Å². The Kier molecular flexibility index (Phi) is 5.46. The normalized spacial score (nSPS) is 15.2. The number of aromatic nitrogens is 10. The van der Waals surface area contributed by atoms with E-state index >= 15 is 0 Å². The summed E-state index contributed by atoms with van der Waals surface area (Å²) in [6.07, 6.45) is 8.97. The summed E-state index contributed by atoms with van der Waals surface area (Å²) in [4.78, 5) is 25.5. The number of carbonyl (C=O) groups is 1. The summed E-state index contributed by atoms with van der Waals surface area (Å²) >= 11 is 0. The molecule has 34 heavy (non-hydrogen) atoms. The van der Waals surface area contributed by atoms with Crippen LogP contribution in [0.2, 0.25) is 0 Å². The molecule has 0 spiro atoms. The van der Waals surface area contributed by atoms with Crippen molar-refractivity contribution in [2.24, 2.45) is 13.0 Å². The number of aryl methyl sites for hydroxylation is 1. The zero-order chi connectivity index (χ0) is 23.9. The molecule has 1 aliphatic heterocycles. The van der Waals surface area contributed by atoms with Crippen LogP contribution in [0.3, 0.4) is 0 Å². The van der Waals surface area contributed by atoms with Gasteiger partial charge in [-0.2, -0.15) is 15.0 Å². The highest BCUT2D eigenvalue weighted by Gasteiger charge is 2.25. The molecule has 13 heteroatoms. The molecule has 0 unspecified atom stereocenters. The van der Waals surface area contributed by atoms with Gasteiger partial charge in [0, 0.05) is 38.4 Å². The quantitative estimate of drug-likeness (QED) is 0.457. The second kappa shape index (κ2) is 8.47. The Balaban J connectivity index is 1.23. The molecule has 0 aliphatic carbocycles. The van der Waals surface area contributed by atoms with Gasteiger partial charge in [-0.3, -0.25) is 9.48 Å². The standard InChI is InChI=1S/C21H28N12O/c1-21(2,3)33-28-17(27-29-33)20(34)22-9-14-5-7-31(8-6-14)19-18-23-13-25-32(18)12-16(26-19)15-10-24-30(4)11-15/h10-14H,5-9H2,1-4H3,(H,22,34). The molecular weight excluding hydrogens is 436 g/mol. The summed E-state index contributed by atoms with van der Waals surface area (Å²) in [6, 6.07) is 0. The van der Waals surface area contributed by atoms with E-state index in [1.54, 1.807) is 21.7 Å². The number of nitrogens with zero attached hydrogens (tertiary/aromatic N) is 11. The average Bonchev–Trinajstić information content (AvgIpc) is 3.57. The maximum Gasteiger partial charge on any atom is 0.292 e. The molecule has 0 bridgehead atoms. The molecule has 0 aromatic carbocycles. The van der Waals surface area contributed by atoms with Crippen molar-refractivity contribution in [1.29, 1.82) is 0 Å². The lowest BCUT2D eigenvalue weighted by atomic mass is 9.97. The maximum atomic E-state index is 12.5. The summed E-state index contributed by atoms with van der Waals surface area (Å²) in [5.74, 6) is 0.963. The first-order valence-corrected chi connectivity index (χ1v) is 11.3.